The molecule has 0 fully saturated rings. The smallest absolute Gasteiger partial charge is 0.371 e. The van der Waals surface area contributed by atoms with Crippen LogP contribution in [0.3, 0.4) is 0 Å². The lowest BCUT2D eigenvalue weighted by atomic mass is 10.2. The zero-order valence-corrected chi connectivity index (χ0v) is 12.3. The number of aliphatic hydroxyl groups is 1. The third-order valence-corrected chi connectivity index (χ3v) is 4.60. The van der Waals surface area contributed by atoms with Crippen molar-refractivity contribution in [1.82, 2.24) is 4.72 Å². The quantitative estimate of drug-likeness (QED) is 0.602. The van der Waals surface area contributed by atoms with E-state index in [1.807, 2.05) is 0 Å². The summed E-state index contributed by atoms with van der Waals surface area (Å²) in [7, 11) is -3.81. The highest BCUT2D eigenvalue weighted by atomic mass is 79.9. The highest BCUT2D eigenvalue weighted by molar-refractivity contribution is 9.10. The Kier molecular flexibility index (Phi) is 5.98. The second-order valence-electron chi connectivity index (χ2n) is 3.74. The monoisotopic (exact) mass is 355 g/mol. The summed E-state index contributed by atoms with van der Waals surface area (Å²) >= 11 is 2.87. The van der Waals surface area contributed by atoms with Crippen molar-refractivity contribution >= 4 is 31.9 Å². The lowest BCUT2D eigenvalue weighted by Gasteiger charge is -2.04. The van der Waals surface area contributed by atoms with Crippen LogP contribution in [-0.4, -0.2) is 37.8 Å². The third kappa shape index (κ3) is 4.60. The number of aliphatic hydroxyl groups excluding tert-OH is 1. The second-order valence-corrected chi connectivity index (χ2v) is 6.19. The summed E-state index contributed by atoms with van der Waals surface area (Å²) in [6.45, 7) is 0.282. The Morgan fingerprint density at radius 1 is 1.37 bits per heavy atom. The van der Waals surface area contributed by atoms with Gasteiger partial charge in [-0.2, -0.15) is 0 Å². The van der Waals surface area contributed by atoms with Gasteiger partial charge in [-0.05, 0) is 35.2 Å². The van der Waals surface area contributed by atoms with Crippen molar-refractivity contribution in [2.45, 2.75) is 24.2 Å². The third-order valence-electron chi connectivity index (χ3n) is 2.28. The number of aromatic carboxylic acids is 1. The van der Waals surface area contributed by atoms with Crippen molar-refractivity contribution in [3.05, 3.63) is 16.5 Å². The molecule has 0 spiro atoms. The molecule has 0 radical (unpaired) electrons. The Morgan fingerprint density at radius 2 is 2.05 bits per heavy atom. The summed E-state index contributed by atoms with van der Waals surface area (Å²) in [4.78, 5) is 10.4. The second kappa shape index (κ2) is 7.04. The fourth-order valence-electron chi connectivity index (χ4n) is 1.34. The average molecular weight is 356 g/mol. The molecule has 1 heterocycles. The molecule has 0 aromatic carbocycles. The van der Waals surface area contributed by atoms with E-state index >= 15 is 0 Å². The standard InChI is InChI=1S/C10H14BrNO6S/c11-9-8(6-7(18-9)10(14)15)19(16,17)12-4-2-1-3-5-13/h6,12-13H,1-5H2,(H,14,15). The van der Waals surface area contributed by atoms with E-state index in [-0.39, 0.29) is 22.7 Å². The molecule has 0 saturated carbocycles. The van der Waals surface area contributed by atoms with Gasteiger partial charge >= 0.3 is 5.97 Å². The number of carboxylic acids is 1. The van der Waals surface area contributed by atoms with E-state index in [0.717, 1.165) is 6.07 Å². The first-order valence-electron chi connectivity index (χ1n) is 5.51. The number of furan rings is 1. The number of halogens is 1. The Bertz CT molecular complexity index is 538. The minimum Gasteiger partial charge on any atom is -0.475 e. The van der Waals surface area contributed by atoms with E-state index < -0.39 is 21.8 Å². The molecule has 0 aliphatic heterocycles. The van der Waals surface area contributed by atoms with Crippen LogP contribution in [-0.2, 0) is 10.0 Å². The van der Waals surface area contributed by atoms with Gasteiger partial charge in [-0.15, -0.1) is 0 Å². The maximum atomic E-state index is 11.9. The van der Waals surface area contributed by atoms with Gasteiger partial charge in [0.2, 0.25) is 15.8 Å². The number of unbranched alkanes of at least 4 members (excludes halogenated alkanes) is 2. The van der Waals surface area contributed by atoms with E-state index in [9.17, 15) is 13.2 Å². The maximum absolute atomic E-state index is 11.9. The largest absolute Gasteiger partial charge is 0.475 e. The molecule has 19 heavy (non-hydrogen) atoms. The van der Waals surface area contributed by atoms with E-state index in [1.54, 1.807) is 0 Å². The first-order chi connectivity index (χ1) is 8.88. The zero-order chi connectivity index (χ0) is 14.5. The number of hydrogen-bond donors (Lipinski definition) is 3. The average Bonchev–Trinajstić information content (AvgIpc) is 2.72. The van der Waals surface area contributed by atoms with Gasteiger partial charge in [0.1, 0.15) is 4.90 Å². The number of carboxylic acid groups (broad SMARTS) is 1. The molecule has 1 aromatic rings. The molecule has 1 rings (SSSR count). The molecular formula is C10H14BrNO6S. The van der Waals surface area contributed by atoms with Crippen molar-refractivity contribution in [3.63, 3.8) is 0 Å². The van der Waals surface area contributed by atoms with Gasteiger partial charge in [0, 0.05) is 19.2 Å². The van der Waals surface area contributed by atoms with Gasteiger partial charge in [-0.1, -0.05) is 0 Å². The van der Waals surface area contributed by atoms with Gasteiger partial charge in [-0.25, -0.2) is 17.9 Å². The van der Waals surface area contributed by atoms with Crippen molar-refractivity contribution in [3.8, 4) is 0 Å². The van der Waals surface area contributed by atoms with Gasteiger partial charge in [-0.3, -0.25) is 0 Å². The summed E-state index contributed by atoms with van der Waals surface area (Å²) in [5, 5.41) is 17.3. The summed E-state index contributed by atoms with van der Waals surface area (Å²) < 4.78 is 30.7. The van der Waals surface area contributed by atoms with Crippen LogP contribution in [0, 0.1) is 0 Å². The van der Waals surface area contributed by atoms with Crippen LogP contribution in [0.25, 0.3) is 0 Å². The van der Waals surface area contributed by atoms with Gasteiger partial charge in [0.05, 0.1) is 0 Å². The van der Waals surface area contributed by atoms with E-state index in [2.05, 4.69) is 20.7 Å². The van der Waals surface area contributed by atoms with E-state index in [1.165, 1.54) is 0 Å². The molecule has 3 N–H and O–H groups in total. The SMILES string of the molecule is O=C(O)c1cc(S(=O)(=O)NCCCCCO)c(Br)o1. The number of nitrogens with one attached hydrogen (secondary N) is 1. The molecule has 0 aliphatic rings. The summed E-state index contributed by atoms with van der Waals surface area (Å²) in [5.41, 5.74) is 0. The Hall–Kier alpha value is -0.900. The van der Waals surface area contributed by atoms with Gasteiger partial charge in [0.15, 0.2) is 4.67 Å². The molecule has 0 bridgehead atoms. The molecule has 1 aromatic heterocycles. The van der Waals surface area contributed by atoms with Crippen LogP contribution in [0.15, 0.2) is 20.0 Å². The molecule has 0 atom stereocenters. The molecular weight excluding hydrogens is 342 g/mol. The van der Waals surface area contributed by atoms with Crippen molar-refractivity contribution in [1.29, 1.82) is 0 Å². The van der Waals surface area contributed by atoms with E-state index in [4.69, 9.17) is 14.6 Å². The Balaban J connectivity index is 2.69. The van der Waals surface area contributed by atoms with Gasteiger partial charge in [0.25, 0.3) is 0 Å². The predicted molar refractivity (Wildman–Crippen MR) is 69.5 cm³/mol. The zero-order valence-electron chi connectivity index (χ0n) is 9.93. The Morgan fingerprint density at radius 3 is 2.58 bits per heavy atom. The lowest BCUT2D eigenvalue weighted by Crippen LogP contribution is -2.24. The molecule has 0 amide bonds. The number of rotatable bonds is 8. The van der Waals surface area contributed by atoms with Crippen LogP contribution < -0.4 is 4.72 Å². The Labute approximate surface area is 118 Å². The molecule has 0 aliphatic carbocycles. The fraction of sp³-hybridized carbons (Fsp3) is 0.500. The minimum absolute atomic E-state index is 0.0714. The normalized spacial score (nSPS) is 11.7. The number of hydrogen-bond acceptors (Lipinski definition) is 5. The van der Waals surface area contributed by atoms with Crippen molar-refractivity contribution < 1.29 is 27.8 Å². The first kappa shape index (κ1) is 16.2. The van der Waals surface area contributed by atoms with Crippen LogP contribution in [0.5, 0.6) is 0 Å². The first-order valence-corrected chi connectivity index (χ1v) is 7.79. The molecule has 108 valence electrons. The maximum Gasteiger partial charge on any atom is 0.371 e. The predicted octanol–water partition coefficient (Wildman–Crippen LogP) is 1.18. The van der Waals surface area contributed by atoms with Gasteiger partial charge < -0.3 is 14.6 Å². The van der Waals surface area contributed by atoms with E-state index in [0.29, 0.717) is 19.3 Å². The van der Waals surface area contributed by atoms with Crippen LogP contribution in [0.4, 0.5) is 0 Å². The fourth-order valence-corrected chi connectivity index (χ4v) is 3.35. The highest BCUT2D eigenvalue weighted by Gasteiger charge is 2.24. The lowest BCUT2D eigenvalue weighted by molar-refractivity contribution is 0.0661. The van der Waals surface area contributed by atoms with Crippen molar-refractivity contribution in [2.75, 3.05) is 13.2 Å². The highest BCUT2D eigenvalue weighted by Crippen LogP contribution is 2.25. The summed E-state index contributed by atoms with van der Waals surface area (Å²) in [6, 6.07) is 0.947. The minimum atomic E-state index is -3.81. The molecule has 0 saturated heterocycles. The van der Waals surface area contributed by atoms with Crippen LogP contribution >= 0.6 is 15.9 Å². The molecule has 7 nitrogen and oxygen atoms in total. The molecule has 9 heteroatoms. The number of sulfonamides is 1. The molecule has 0 unspecified atom stereocenters. The summed E-state index contributed by atoms with van der Waals surface area (Å²) in [6.07, 6.45) is 1.90. The topological polar surface area (TPSA) is 117 Å². The van der Waals surface area contributed by atoms with Crippen LogP contribution in [0.1, 0.15) is 29.8 Å². The summed E-state index contributed by atoms with van der Waals surface area (Å²) in [5.74, 6) is -1.79. The van der Waals surface area contributed by atoms with Crippen molar-refractivity contribution in [2.24, 2.45) is 0 Å². The number of carbonyl (C=O) groups is 1. The van der Waals surface area contributed by atoms with Crippen LogP contribution in [0.2, 0.25) is 0 Å².